The second-order valence-electron chi connectivity index (χ2n) is 6.32. The number of ether oxygens (including phenoxy) is 1. The highest BCUT2D eigenvalue weighted by atomic mass is 16.5. The Labute approximate surface area is 151 Å². The molecule has 1 saturated heterocycles. The third-order valence-corrected chi connectivity index (χ3v) is 4.13. The molecule has 1 aromatic carbocycles. The van der Waals surface area contributed by atoms with Gasteiger partial charge in [0.05, 0.1) is 0 Å². The van der Waals surface area contributed by atoms with Gasteiger partial charge in [-0.15, -0.1) is 0 Å². The van der Waals surface area contributed by atoms with Crippen LogP contribution in [-0.2, 0) is 24.7 Å². The molecule has 0 saturated carbocycles. The third kappa shape index (κ3) is 4.19. The number of carbonyl (C=O) groups excluding carboxylic acids is 4. The molecule has 0 spiro atoms. The fourth-order valence-electron chi connectivity index (χ4n) is 2.56. The molecule has 1 atom stereocenters. The maximum Gasteiger partial charge on any atom is 0.326 e. The average Bonchev–Trinajstić information content (AvgIpc) is 2.82. The van der Waals surface area contributed by atoms with Crippen LogP contribution in [0.1, 0.15) is 31.4 Å². The van der Waals surface area contributed by atoms with Gasteiger partial charge in [-0.2, -0.15) is 0 Å². The number of rotatable bonds is 7. The summed E-state index contributed by atoms with van der Waals surface area (Å²) in [7, 11) is 0. The van der Waals surface area contributed by atoms with Crippen LogP contribution >= 0.6 is 0 Å². The quantitative estimate of drug-likeness (QED) is 0.553. The SMILES string of the molecule is CCCNC(=O)COC(=O)CN1C(=O)NC(C)(c2ccc(C)cc2)C1=O. The molecule has 2 rings (SSSR count). The van der Waals surface area contributed by atoms with E-state index in [1.54, 1.807) is 19.1 Å². The van der Waals surface area contributed by atoms with Crippen molar-refractivity contribution in [3.05, 3.63) is 35.4 Å². The van der Waals surface area contributed by atoms with Gasteiger partial charge in [-0.1, -0.05) is 36.8 Å². The number of nitrogens with one attached hydrogen (secondary N) is 2. The van der Waals surface area contributed by atoms with Gasteiger partial charge in [-0.3, -0.25) is 19.3 Å². The summed E-state index contributed by atoms with van der Waals surface area (Å²) in [4.78, 5) is 49.0. The predicted octanol–water partition coefficient (Wildman–Crippen LogP) is 0.831. The van der Waals surface area contributed by atoms with Crippen molar-refractivity contribution in [1.82, 2.24) is 15.5 Å². The topological polar surface area (TPSA) is 105 Å². The highest BCUT2D eigenvalue weighted by Crippen LogP contribution is 2.28. The van der Waals surface area contributed by atoms with Crippen molar-refractivity contribution < 1.29 is 23.9 Å². The van der Waals surface area contributed by atoms with E-state index in [9.17, 15) is 19.2 Å². The molecule has 1 unspecified atom stereocenters. The zero-order valence-corrected chi connectivity index (χ0v) is 15.1. The Hall–Kier alpha value is -2.90. The number of imide groups is 1. The summed E-state index contributed by atoms with van der Waals surface area (Å²) in [6, 6.07) is 6.52. The van der Waals surface area contributed by atoms with Crippen molar-refractivity contribution in [2.24, 2.45) is 0 Å². The molecule has 1 aliphatic rings. The van der Waals surface area contributed by atoms with E-state index in [2.05, 4.69) is 10.6 Å². The summed E-state index contributed by atoms with van der Waals surface area (Å²) in [6.45, 7) is 4.89. The van der Waals surface area contributed by atoms with Crippen molar-refractivity contribution in [3.8, 4) is 0 Å². The Morgan fingerprint density at radius 1 is 1.23 bits per heavy atom. The van der Waals surface area contributed by atoms with Crippen LogP contribution in [0.4, 0.5) is 4.79 Å². The van der Waals surface area contributed by atoms with Gasteiger partial charge in [-0.25, -0.2) is 4.79 Å². The van der Waals surface area contributed by atoms with Crippen molar-refractivity contribution in [2.75, 3.05) is 19.7 Å². The van der Waals surface area contributed by atoms with Crippen molar-refractivity contribution in [1.29, 1.82) is 0 Å². The summed E-state index contributed by atoms with van der Waals surface area (Å²) in [5.74, 6) is -1.80. The van der Waals surface area contributed by atoms with Gasteiger partial charge in [-0.05, 0) is 25.8 Å². The Balaban J connectivity index is 1.99. The maximum atomic E-state index is 12.7. The molecule has 1 aliphatic heterocycles. The van der Waals surface area contributed by atoms with E-state index in [-0.39, 0.29) is 0 Å². The standard InChI is InChI=1S/C18H23N3O5/c1-4-9-19-14(22)11-26-15(23)10-21-16(24)18(3,20-17(21)25)13-7-5-12(2)6-8-13/h5-8H,4,9-11H2,1-3H3,(H,19,22)(H,20,25). The van der Waals surface area contributed by atoms with Gasteiger partial charge >= 0.3 is 12.0 Å². The summed E-state index contributed by atoms with van der Waals surface area (Å²) >= 11 is 0. The number of aryl methyl sites for hydroxylation is 1. The summed E-state index contributed by atoms with van der Waals surface area (Å²) in [5, 5.41) is 5.18. The molecule has 0 bridgehead atoms. The summed E-state index contributed by atoms with van der Waals surface area (Å²) < 4.78 is 4.82. The Morgan fingerprint density at radius 2 is 1.88 bits per heavy atom. The molecule has 1 heterocycles. The molecule has 140 valence electrons. The lowest BCUT2D eigenvalue weighted by Crippen LogP contribution is -2.42. The van der Waals surface area contributed by atoms with E-state index in [4.69, 9.17) is 4.74 Å². The molecule has 0 aromatic heterocycles. The number of amides is 4. The molecule has 26 heavy (non-hydrogen) atoms. The van der Waals surface area contributed by atoms with Crippen LogP contribution in [0.3, 0.4) is 0 Å². The van der Waals surface area contributed by atoms with E-state index in [1.165, 1.54) is 0 Å². The first-order valence-electron chi connectivity index (χ1n) is 8.41. The van der Waals surface area contributed by atoms with Crippen LogP contribution in [0.15, 0.2) is 24.3 Å². The minimum Gasteiger partial charge on any atom is -0.454 e. The zero-order valence-electron chi connectivity index (χ0n) is 15.1. The van der Waals surface area contributed by atoms with Gasteiger partial charge in [0.1, 0.15) is 12.1 Å². The molecule has 0 radical (unpaired) electrons. The summed E-state index contributed by atoms with van der Waals surface area (Å²) in [5.41, 5.74) is 0.399. The Morgan fingerprint density at radius 3 is 2.50 bits per heavy atom. The van der Waals surface area contributed by atoms with Crippen LogP contribution in [0.25, 0.3) is 0 Å². The number of benzene rings is 1. The predicted molar refractivity (Wildman–Crippen MR) is 93.0 cm³/mol. The minimum atomic E-state index is -1.25. The number of hydrogen-bond donors (Lipinski definition) is 2. The van der Waals surface area contributed by atoms with Gasteiger partial charge in [0, 0.05) is 6.54 Å². The highest BCUT2D eigenvalue weighted by Gasteiger charge is 2.49. The molecule has 8 nitrogen and oxygen atoms in total. The van der Waals surface area contributed by atoms with Crippen LogP contribution < -0.4 is 10.6 Å². The lowest BCUT2D eigenvalue weighted by Gasteiger charge is -2.22. The fraction of sp³-hybridized carbons (Fsp3) is 0.444. The fourth-order valence-corrected chi connectivity index (χ4v) is 2.56. The first-order valence-corrected chi connectivity index (χ1v) is 8.41. The van der Waals surface area contributed by atoms with E-state index < -0.39 is 42.5 Å². The van der Waals surface area contributed by atoms with Crippen molar-refractivity contribution in [3.63, 3.8) is 0 Å². The maximum absolute atomic E-state index is 12.7. The van der Waals surface area contributed by atoms with Gasteiger partial charge in [0.25, 0.3) is 11.8 Å². The normalized spacial score (nSPS) is 19.3. The third-order valence-electron chi connectivity index (χ3n) is 4.13. The van der Waals surface area contributed by atoms with E-state index in [0.717, 1.165) is 16.9 Å². The van der Waals surface area contributed by atoms with Crippen LogP contribution in [0.2, 0.25) is 0 Å². The number of esters is 1. The molecule has 8 heteroatoms. The number of carbonyl (C=O) groups is 4. The molecular formula is C18H23N3O5. The summed E-state index contributed by atoms with van der Waals surface area (Å²) in [6.07, 6.45) is 0.764. The van der Waals surface area contributed by atoms with Crippen molar-refractivity contribution >= 4 is 23.8 Å². The molecule has 1 fully saturated rings. The van der Waals surface area contributed by atoms with E-state index in [0.29, 0.717) is 12.1 Å². The molecule has 0 aliphatic carbocycles. The van der Waals surface area contributed by atoms with Gasteiger partial charge in [0.2, 0.25) is 0 Å². The van der Waals surface area contributed by atoms with Crippen molar-refractivity contribution in [2.45, 2.75) is 32.7 Å². The van der Waals surface area contributed by atoms with Crippen LogP contribution in [0.5, 0.6) is 0 Å². The number of urea groups is 1. The first-order chi connectivity index (χ1) is 12.3. The Bertz CT molecular complexity index is 716. The largest absolute Gasteiger partial charge is 0.454 e. The second kappa shape index (κ2) is 7.99. The van der Waals surface area contributed by atoms with Gasteiger partial charge < -0.3 is 15.4 Å². The molecular weight excluding hydrogens is 338 g/mol. The number of hydrogen-bond acceptors (Lipinski definition) is 5. The lowest BCUT2D eigenvalue weighted by molar-refractivity contribution is -0.151. The average molecular weight is 361 g/mol. The highest BCUT2D eigenvalue weighted by molar-refractivity contribution is 6.08. The monoisotopic (exact) mass is 361 g/mol. The molecule has 4 amide bonds. The molecule has 2 N–H and O–H groups in total. The van der Waals surface area contributed by atoms with Gasteiger partial charge in [0.15, 0.2) is 6.61 Å². The van der Waals surface area contributed by atoms with Crippen LogP contribution in [-0.4, -0.2) is 48.4 Å². The lowest BCUT2D eigenvalue weighted by atomic mass is 9.91. The van der Waals surface area contributed by atoms with E-state index >= 15 is 0 Å². The Kier molecular flexibility index (Phi) is 5.97. The van der Waals surface area contributed by atoms with Crippen LogP contribution in [0, 0.1) is 6.92 Å². The molecule has 1 aromatic rings. The first kappa shape index (κ1) is 19.4. The number of nitrogens with zero attached hydrogens (tertiary/aromatic N) is 1. The smallest absolute Gasteiger partial charge is 0.326 e. The van der Waals surface area contributed by atoms with E-state index in [1.807, 2.05) is 26.0 Å². The minimum absolute atomic E-state index is 0.429. The second-order valence-corrected chi connectivity index (χ2v) is 6.32. The zero-order chi connectivity index (χ0) is 19.3.